The third-order valence-electron chi connectivity index (χ3n) is 2.87. The molecule has 3 heteroatoms. The van der Waals surface area contributed by atoms with Crippen LogP contribution in [0.15, 0.2) is 0 Å². The summed E-state index contributed by atoms with van der Waals surface area (Å²) in [7, 11) is 0. The summed E-state index contributed by atoms with van der Waals surface area (Å²) in [4.78, 5) is 12.0. The van der Waals surface area contributed by atoms with Crippen molar-refractivity contribution >= 4 is 5.91 Å². The Bertz CT molecular complexity index is 177. The highest BCUT2D eigenvalue weighted by Crippen LogP contribution is 2.14. The van der Waals surface area contributed by atoms with Gasteiger partial charge in [-0.25, -0.2) is 0 Å². The lowest BCUT2D eigenvalue weighted by atomic mass is 9.97. The molecular weight excluding hydrogens is 200 g/mol. The van der Waals surface area contributed by atoms with Gasteiger partial charge in [-0.1, -0.05) is 26.7 Å². The molecule has 0 aliphatic carbocycles. The first kappa shape index (κ1) is 15.4. The number of rotatable bonds is 9. The minimum absolute atomic E-state index is 0.204. The van der Waals surface area contributed by atoms with Gasteiger partial charge in [-0.05, 0) is 39.2 Å². The largest absolute Gasteiger partial charge is 0.353 e. The topological polar surface area (TPSA) is 55.1 Å². The second-order valence-electron chi connectivity index (χ2n) is 4.61. The van der Waals surface area contributed by atoms with Gasteiger partial charge in [-0.3, -0.25) is 4.79 Å². The average molecular weight is 228 g/mol. The number of amides is 1. The lowest BCUT2D eigenvalue weighted by molar-refractivity contribution is -0.126. The predicted molar refractivity (Wildman–Crippen MR) is 69.2 cm³/mol. The Morgan fingerprint density at radius 3 is 2.19 bits per heavy atom. The number of hydrogen-bond donors (Lipinski definition) is 2. The summed E-state index contributed by atoms with van der Waals surface area (Å²) < 4.78 is 0. The highest BCUT2D eigenvalue weighted by molar-refractivity contribution is 5.78. The molecule has 3 nitrogen and oxygen atoms in total. The molecule has 96 valence electrons. The molecule has 1 amide bonds. The standard InChI is InChI=1S/C13H28N2O/c1-4-7-12(8-5-2)13(16)15-11(3)9-6-10-14/h11-12H,4-10,14H2,1-3H3,(H,15,16). The summed E-state index contributed by atoms with van der Waals surface area (Å²) in [6.07, 6.45) is 6.12. The molecule has 0 aliphatic heterocycles. The molecule has 0 aromatic carbocycles. The molecule has 0 aliphatic rings. The van der Waals surface area contributed by atoms with E-state index in [1.165, 1.54) is 0 Å². The van der Waals surface area contributed by atoms with Crippen molar-refractivity contribution in [3.05, 3.63) is 0 Å². The lowest BCUT2D eigenvalue weighted by Gasteiger charge is -2.19. The molecule has 0 heterocycles. The first-order chi connectivity index (χ1) is 7.65. The second kappa shape index (κ2) is 9.64. The van der Waals surface area contributed by atoms with Gasteiger partial charge in [0.2, 0.25) is 5.91 Å². The average Bonchev–Trinajstić information content (AvgIpc) is 2.26. The van der Waals surface area contributed by atoms with E-state index < -0.39 is 0 Å². The molecule has 3 N–H and O–H groups in total. The van der Waals surface area contributed by atoms with Crippen LogP contribution >= 0.6 is 0 Å². The van der Waals surface area contributed by atoms with Gasteiger partial charge in [0.25, 0.3) is 0 Å². The third kappa shape index (κ3) is 6.83. The minimum Gasteiger partial charge on any atom is -0.353 e. The van der Waals surface area contributed by atoms with Crippen LogP contribution in [-0.2, 0) is 4.79 Å². The Kier molecular flexibility index (Phi) is 9.30. The van der Waals surface area contributed by atoms with E-state index in [9.17, 15) is 4.79 Å². The number of carbonyl (C=O) groups is 1. The smallest absolute Gasteiger partial charge is 0.223 e. The number of hydrogen-bond acceptors (Lipinski definition) is 2. The normalized spacial score (nSPS) is 12.8. The van der Waals surface area contributed by atoms with Crippen LogP contribution in [0.25, 0.3) is 0 Å². The molecule has 0 saturated heterocycles. The van der Waals surface area contributed by atoms with E-state index in [2.05, 4.69) is 26.1 Å². The van der Waals surface area contributed by atoms with Crippen LogP contribution in [-0.4, -0.2) is 18.5 Å². The van der Waals surface area contributed by atoms with E-state index in [1.807, 2.05) is 0 Å². The van der Waals surface area contributed by atoms with Crippen molar-refractivity contribution in [1.29, 1.82) is 0 Å². The Morgan fingerprint density at radius 2 is 1.75 bits per heavy atom. The molecule has 0 rings (SSSR count). The third-order valence-corrected chi connectivity index (χ3v) is 2.87. The van der Waals surface area contributed by atoms with Crippen molar-refractivity contribution in [1.82, 2.24) is 5.32 Å². The van der Waals surface area contributed by atoms with E-state index in [-0.39, 0.29) is 17.9 Å². The van der Waals surface area contributed by atoms with Gasteiger partial charge in [-0.2, -0.15) is 0 Å². The lowest BCUT2D eigenvalue weighted by Crippen LogP contribution is -2.37. The quantitative estimate of drug-likeness (QED) is 0.637. The van der Waals surface area contributed by atoms with E-state index in [1.54, 1.807) is 0 Å². The summed E-state index contributed by atoms with van der Waals surface area (Å²) >= 11 is 0. The zero-order valence-electron chi connectivity index (χ0n) is 11.1. The second-order valence-corrected chi connectivity index (χ2v) is 4.61. The Hall–Kier alpha value is -0.570. The summed E-state index contributed by atoms with van der Waals surface area (Å²) in [6, 6.07) is 0.257. The van der Waals surface area contributed by atoms with Gasteiger partial charge in [-0.15, -0.1) is 0 Å². The monoisotopic (exact) mass is 228 g/mol. The van der Waals surface area contributed by atoms with Crippen molar-refractivity contribution in [3.8, 4) is 0 Å². The van der Waals surface area contributed by atoms with Gasteiger partial charge >= 0.3 is 0 Å². The van der Waals surface area contributed by atoms with Crippen LogP contribution in [0.5, 0.6) is 0 Å². The van der Waals surface area contributed by atoms with Gasteiger partial charge in [0.15, 0.2) is 0 Å². The van der Waals surface area contributed by atoms with E-state index in [0.29, 0.717) is 6.54 Å². The summed E-state index contributed by atoms with van der Waals surface area (Å²) in [5.74, 6) is 0.434. The number of nitrogens with one attached hydrogen (secondary N) is 1. The van der Waals surface area contributed by atoms with Crippen molar-refractivity contribution < 1.29 is 4.79 Å². The van der Waals surface area contributed by atoms with Gasteiger partial charge in [0, 0.05) is 12.0 Å². The van der Waals surface area contributed by atoms with Gasteiger partial charge in [0.1, 0.15) is 0 Å². The van der Waals surface area contributed by atoms with Gasteiger partial charge < -0.3 is 11.1 Å². The molecule has 1 atom stereocenters. The Labute approximate surface area is 100 Å². The fraction of sp³-hybridized carbons (Fsp3) is 0.923. The maximum absolute atomic E-state index is 12.0. The molecule has 0 aromatic rings. The summed E-state index contributed by atoms with van der Waals surface area (Å²) in [5.41, 5.74) is 5.45. The molecule has 1 unspecified atom stereocenters. The van der Waals surface area contributed by atoms with Crippen molar-refractivity contribution in [2.75, 3.05) is 6.54 Å². The summed E-state index contributed by atoms with van der Waals surface area (Å²) in [5, 5.41) is 3.09. The zero-order valence-corrected chi connectivity index (χ0v) is 11.1. The van der Waals surface area contributed by atoms with Crippen molar-refractivity contribution in [2.24, 2.45) is 11.7 Å². The van der Waals surface area contributed by atoms with Crippen LogP contribution in [0.4, 0.5) is 0 Å². The Morgan fingerprint density at radius 1 is 1.19 bits per heavy atom. The van der Waals surface area contributed by atoms with E-state index in [0.717, 1.165) is 38.5 Å². The van der Waals surface area contributed by atoms with E-state index >= 15 is 0 Å². The molecule has 0 aromatic heterocycles. The minimum atomic E-state index is 0.204. The molecule has 0 radical (unpaired) electrons. The summed E-state index contributed by atoms with van der Waals surface area (Å²) in [6.45, 7) is 7.03. The molecule has 16 heavy (non-hydrogen) atoms. The highest BCUT2D eigenvalue weighted by atomic mass is 16.1. The van der Waals surface area contributed by atoms with Crippen molar-refractivity contribution in [3.63, 3.8) is 0 Å². The van der Waals surface area contributed by atoms with Crippen LogP contribution < -0.4 is 11.1 Å². The number of nitrogens with two attached hydrogens (primary N) is 1. The maximum atomic E-state index is 12.0. The molecule has 0 saturated carbocycles. The van der Waals surface area contributed by atoms with Crippen molar-refractivity contribution in [2.45, 2.75) is 65.3 Å². The van der Waals surface area contributed by atoms with Crippen LogP contribution in [0, 0.1) is 5.92 Å². The first-order valence-corrected chi connectivity index (χ1v) is 6.66. The highest BCUT2D eigenvalue weighted by Gasteiger charge is 2.17. The molecular formula is C13H28N2O. The maximum Gasteiger partial charge on any atom is 0.223 e. The van der Waals surface area contributed by atoms with Crippen LogP contribution in [0.1, 0.15) is 59.3 Å². The molecule has 0 spiro atoms. The van der Waals surface area contributed by atoms with Gasteiger partial charge in [0.05, 0.1) is 0 Å². The fourth-order valence-electron chi connectivity index (χ4n) is 1.96. The van der Waals surface area contributed by atoms with Crippen LogP contribution in [0.3, 0.4) is 0 Å². The Balaban J connectivity index is 3.97. The SMILES string of the molecule is CCCC(CCC)C(=O)NC(C)CCCN. The zero-order chi connectivity index (χ0) is 12.4. The number of carbonyl (C=O) groups excluding carboxylic acids is 1. The molecule has 0 bridgehead atoms. The van der Waals surface area contributed by atoms with E-state index in [4.69, 9.17) is 5.73 Å². The first-order valence-electron chi connectivity index (χ1n) is 6.66. The fourth-order valence-corrected chi connectivity index (χ4v) is 1.96. The molecule has 0 fully saturated rings. The predicted octanol–water partition coefficient (Wildman–Crippen LogP) is 2.45. The van der Waals surface area contributed by atoms with Crippen LogP contribution in [0.2, 0.25) is 0 Å².